The number of fused-ring (bicyclic) bond motifs is 1. The van der Waals surface area contributed by atoms with Gasteiger partial charge in [0.05, 0.1) is 0 Å². The van der Waals surface area contributed by atoms with Gasteiger partial charge in [-0.3, -0.25) is 0 Å². The van der Waals surface area contributed by atoms with E-state index in [-0.39, 0.29) is 17.5 Å². The second-order valence-electron chi connectivity index (χ2n) is 6.20. The minimum absolute atomic E-state index is 0.0824. The Morgan fingerprint density at radius 3 is 2.74 bits per heavy atom. The molecule has 1 atom stereocenters. The van der Waals surface area contributed by atoms with Gasteiger partial charge in [-0.2, -0.15) is 0 Å². The first-order chi connectivity index (χ1) is 9.12. The number of benzene rings is 1. The highest BCUT2D eigenvalue weighted by molar-refractivity contribution is 5.39. The van der Waals surface area contributed by atoms with Crippen molar-refractivity contribution < 1.29 is 9.13 Å². The summed E-state index contributed by atoms with van der Waals surface area (Å²) < 4.78 is 19.7. The summed E-state index contributed by atoms with van der Waals surface area (Å²) in [5.74, 6) is 1.31. The molecule has 1 saturated carbocycles. The largest absolute Gasteiger partial charge is 0.487 e. The van der Waals surface area contributed by atoms with Crippen molar-refractivity contribution in [3.8, 4) is 5.75 Å². The molecule has 1 fully saturated rings. The van der Waals surface area contributed by atoms with Crippen molar-refractivity contribution in [1.82, 2.24) is 5.32 Å². The van der Waals surface area contributed by atoms with E-state index in [0.717, 1.165) is 36.5 Å². The molecule has 104 valence electrons. The zero-order valence-corrected chi connectivity index (χ0v) is 11.7. The first-order valence-corrected chi connectivity index (χ1v) is 7.28. The standard InChI is InChI=1S/C16H22FNO/c1-11-5-7-16(8-6-11)10-14(18-2)13-4-3-12(17)9-15(13)19-16/h3-4,9,11,14,18H,5-8,10H2,1-2H3. The van der Waals surface area contributed by atoms with Crippen molar-refractivity contribution in [2.75, 3.05) is 7.05 Å². The van der Waals surface area contributed by atoms with Gasteiger partial charge in [-0.1, -0.05) is 13.0 Å². The Labute approximate surface area is 114 Å². The van der Waals surface area contributed by atoms with Crippen molar-refractivity contribution in [2.24, 2.45) is 5.92 Å². The van der Waals surface area contributed by atoms with E-state index >= 15 is 0 Å². The lowest BCUT2D eigenvalue weighted by molar-refractivity contribution is -0.0122. The molecule has 0 saturated heterocycles. The van der Waals surface area contributed by atoms with E-state index in [1.54, 1.807) is 6.07 Å². The van der Waals surface area contributed by atoms with Crippen molar-refractivity contribution in [1.29, 1.82) is 0 Å². The molecule has 19 heavy (non-hydrogen) atoms. The quantitative estimate of drug-likeness (QED) is 0.831. The van der Waals surface area contributed by atoms with Crippen LogP contribution in [0.4, 0.5) is 4.39 Å². The maximum Gasteiger partial charge on any atom is 0.127 e. The summed E-state index contributed by atoms with van der Waals surface area (Å²) in [7, 11) is 1.97. The van der Waals surface area contributed by atoms with Gasteiger partial charge in [-0.15, -0.1) is 0 Å². The smallest absolute Gasteiger partial charge is 0.127 e. The average molecular weight is 263 g/mol. The molecule has 1 spiro atoms. The first-order valence-electron chi connectivity index (χ1n) is 7.28. The van der Waals surface area contributed by atoms with Crippen LogP contribution in [0.2, 0.25) is 0 Å². The summed E-state index contributed by atoms with van der Waals surface area (Å²) in [5, 5.41) is 3.36. The van der Waals surface area contributed by atoms with Crippen molar-refractivity contribution in [2.45, 2.75) is 50.7 Å². The molecular formula is C16H22FNO. The molecule has 1 heterocycles. The highest BCUT2D eigenvalue weighted by atomic mass is 19.1. The predicted molar refractivity (Wildman–Crippen MR) is 73.8 cm³/mol. The van der Waals surface area contributed by atoms with Crippen molar-refractivity contribution in [3.63, 3.8) is 0 Å². The maximum atomic E-state index is 13.4. The molecule has 1 aliphatic carbocycles. The van der Waals surface area contributed by atoms with Gasteiger partial charge in [0.15, 0.2) is 0 Å². The fraction of sp³-hybridized carbons (Fsp3) is 0.625. The third-order valence-corrected chi connectivity index (χ3v) is 4.79. The minimum atomic E-state index is -0.213. The molecule has 1 aliphatic heterocycles. The van der Waals surface area contributed by atoms with Crippen LogP contribution in [0.1, 0.15) is 50.6 Å². The van der Waals surface area contributed by atoms with E-state index in [1.807, 2.05) is 13.1 Å². The van der Waals surface area contributed by atoms with E-state index in [2.05, 4.69) is 12.2 Å². The van der Waals surface area contributed by atoms with Gasteiger partial charge in [-0.25, -0.2) is 4.39 Å². The van der Waals surface area contributed by atoms with Crippen LogP contribution in [-0.4, -0.2) is 12.6 Å². The molecule has 1 unspecified atom stereocenters. The second kappa shape index (κ2) is 4.78. The molecule has 0 amide bonds. The Balaban J connectivity index is 1.92. The monoisotopic (exact) mass is 263 g/mol. The van der Waals surface area contributed by atoms with Gasteiger partial charge in [0.25, 0.3) is 0 Å². The molecule has 3 heteroatoms. The fourth-order valence-corrected chi connectivity index (χ4v) is 3.49. The molecule has 2 aliphatic rings. The van der Waals surface area contributed by atoms with Crippen LogP contribution < -0.4 is 10.1 Å². The zero-order valence-electron chi connectivity index (χ0n) is 11.7. The fourth-order valence-electron chi connectivity index (χ4n) is 3.49. The summed E-state index contributed by atoms with van der Waals surface area (Å²) in [6.07, 6.45) is 5.58. The number of halogens is 1. The van der Waals surface area contributed by atoms with Gasteiger partial charge in [0.2, 0.25) is 0 Å². The SMILES string of the molecule is CNC1CC2(CCC(C)CC2)Oc2cc(F)ccc21. The molecule has 3 rings (SSSR count). The molecular weight excluding hydrogens is 241 g/mol. The van der Waals surface area contributed by atoms with Crippen LogP contribution in [0.3, 0.4) is 0 Å². The lowest BCUT2D eigenvalue weighted by Gasteiger charge is -2.45. The van der Waals surface area contributed by atoms with Gasteiger partial charge in [0.1, 0.15) is 17.2 Å². The summed E-state index contributed by atoms with van der Waals surface area (Å²) in [6, 6.07) is 5.19. The Kier molecular flexibility index (Phi) is 3.25. The Bertz CT molecular complexity index is 466. The van der Waals surface area contributed by atoms with Crippen LogP contribution in [0.15, 0.2) is 18.2 Å². The molecule has 1 aromatic rings. The number of ether oxygens (including phenoxy) is 1. The first kappa shape index (κ1) is 12.9. The predicted octanol–water partition coefficient (Wildman–Crippen LogP) is 3.82. The summed E-state index contributed by atoms with van der Waals surface area (Å²) in [5.41, 5.74) is 1.01. The number of rotatable bonds is 1. The molecule has 0 bridgehead atoms. The van der Waals surface area contributed by atoms with Crippen molar-refractivity contribution >= 4 is 0 Å². The van der Waals surface area contributed by atoms with Crippen LogP contribution >= 0.6 is 0 Å². The molecule has 0 radical (unpaired) electrons. The Morgan fingerprint density at radius 2 is 2.05 bits per heavy atom. The van der Waals surface area contributed by atoms with Crippen LogP contribution in [-0.2, 0) is 0 Å². The molecule has 2 nitrogen and oxygen atoms in total. The van der Waals surface area contributed by atoms with Gasteiger partial charge in [0, 0.05) is 24.1 Å². The van der Waals surface area contributed by atoms with Crippen molar-refractivity contribution in [3.05, 3.63) is 29.6 Å². The van der Waals surface area contributed by atoms with E-state index in [9.17, 15) is 4.39 Å². The van der Waals surface area contributed by atoms with E-state index < -0.39 is 0 Å². The summed E-state index contributed by atoms with van der Waals surface area (Å²) in [4.78, 5) is 0. The maximum absolute atomic E-state index is 13.4. The van der Waals surface area contributed by atoms with Gasteiger partial charge in [-0.05, 0) is 44.7 Å². The third-order valence-electron chi connectivity index (χ3n) is 4.79. The third kappa shape index (κ3) is 2.36. The summed E-state index contributed by atoms with van der Waals surface area (Å²) in [6.45, 7) is 2.30. The highest BCUT2D eigenvalue weighted by Gasteiger charge is 2.42. The molecule has 1 N–H and O–H groups in total. The highest BCUT2D eigenvalue weighted by Crippen LogP contribution is 2.47. The topological polar surface area (TPSA) is 21.3 Å². The second-order valence-corrected chi connectivity index (χ2v) is 6.20. The lowest BCUT2D eigenvalue weighted by atomic mass is 9.74. The van der Waals surface area contributed by atoms with E-state index in [1.165, 1.54) is 18.9 Å². The molecule has 1 aromatic carbocycles. The summed E-state index contributed by atoms with van der Waals surface area (Å²) >= 11 is 0. The lowest BCUT2D eigenvalue weighted by Crippen LogP contribution is -2.46. The molecule has 0 aromatic heterocycles. The van der Waals surface area contributed by atoms with Gasteiger partial charge >= 0.3 is 0 Å². The van der Waals surface area contributed by atoms with E-state index in [4.69, 9.17) is 4.74 Å². The Morgan fingerprint density at radius 1 is 1.32 bits per heavy atom. The van der Waals surface area contributed by atoms with Crippen LogP contribution in [0.25, 0.3) is 0 Å². The number of hydrogen-bond donors (Lipinski definition) is 1. The number of hydrogen-bond acceptors (Lipinski definition) is 2. The normalized spacial score (nSPS) is 33.8. The zero-order chi connectivity index (χ0) is 13.5. The van der Waals surface area contributed by atoms with Crippen LogP contribution in [0, 0.1) is 11.7 Å². The van der Waals surface area contributed by atoms with Crippen LogP contribution in [0.5, 0.6) is 5.75 Å². The van der Waals surface area contributed by atoms with E-state index in [0.29, 0.717) is 0 Å². The van der Waals surface area contributed by atoms with Gasteiger partial charge < -0.3 is 10.1 Å². The number of nitrogens with one attached hydrogen (secondary N) is 1. The Hall–Kier alpha value is -1.09. The minimum Gasteiger partial charge on any atom is -0.487 e. The average Bonchev–Trinajstić information content (AvgIpc) is 2.41.